The van der Waals surface area contributed by atoms with E-state index in [1.54, 1.807) is 0 Å². The summed E-state index contributed by atoms with van der Waals surface area (Å²) in [4.78, 5) is 26.1. The first-order chi connectivity index (χ1) is 9.92. The quantitative estimate of drug-likeness (QED) is 0.664. The van der Waals surface area contributed by atoms with E-state index in [2.05, 4.69) is 10.3 Å². The van der Waals surface area contributed by atoms with Gasteiger partial charge in [-0.3, -0.25) is 14.3 Å². The minimum atomic E-state index is -0.494. The van der Waals surface area contributed by atoms with Crippen LogP contribution in [0.3, 0.4) is 0 Å². The molecule has 1 unspecified atom stereocenters. The fourth-order valence-electron chi connectivity index (χ4n) is 2.00. The number of H-pyrrole nitrogens is 1. The zero-order valence-corrected chi connectivity index (χ0v) is 13.2. The van der Waals surface area contributed by atoms with Crippen molar-refractivity contribution in [3.05, 3.63) is 20.8 Å². The van der Waals surface area contributed by atoms with Gasteiger partial charge >= 0.3 is 5.69 Å². The number of anilines is 2. The molecule has 0 aliphatic carbocycles. The van der Waals surface area contributed by atoms with Crippen LogP contribution in [0.15, 0.2) is 9.59 Å². The maximum Gasteiger partial charge on any atom is 0.330 e. The Morgan fingerprint density at radius 1 is 1.33 bits per heavy atom. The molecule has 120 valence electrons. The van der Waals surface area contributed by atoms with Gasteiger partial charge in [0.25, 0.3) is 5.56 Å². The van der Waals surface area contributed by atoms with E-state index in [0.717, 1.165) is 6.42 Å². The lowest BCUT2D eigenvalue weighted by Crippen LogP contribution is -2.38. The van der Waals surface area contributed by atoms with Crippen molar-refractivity contribution in [3.63, 3.8) is 0 Å². The third-order valence-corrected chi connectivity index (χ3v) is 3.32. The van der Waals surface area contributed by atoms with E-state index in [9.17, 15) is 9.59 Å². The minimum Gasteiger partial charge on any atom is -0.383 e. The summed E-state index contributed by atoms with van der Waals surface area (Å²) < 4.78 is 6.80. The molecule has 0 aliphatic rings. The van der Waals surface area contributed by atoms with Crippen molar-refractivity contribution in [2.24, 2.45) is 5.92 Å². The highest BCUT2D eigenvalue weighted by atomic mass is 16.5. The second kappa shape index (κ2) is 7.87. The molecule has 4 N–H and O–H groups in total. The summed E-state index contributed by atoms with van der Waals surface area (Å²) in [5.74, 6) is 0.426. The molecule has 1 aromatic heterocycles. The van der Waals surface area contributed by atoms with E-state index in [1.807, 2.05) is 27.7 Å². The summed E-state index contributed by atoms with van der Waals surface area (Å²) in [7, 11) is 0. The third kappa shape index (κ3) is 4.35. The molecule has 1 rings (SSSR count). The van der Waals surface area contributed by atoms with Crippen molar-refractivity contribution < 1.29 is 4.74 Å². The number of nitrogens with one attached hydrogen (secondary N) is 2. The number of hydrogen-bond donors (Lipinski definition) is 3. The van der Waals surface area contributed by atoms with Gasteiger partial charge < -0.3 is 15.8 Å². The van der Waals surface area contributed by atoms with Crippen LogP contribution in [0.1, 0.15) is 34.1 Å². The number of hydrogen-bond acceptors (Lipinski definition) is 5. The van der Waals surface area contributed by atoms with E-state index in [-0.39, 0.29) is 23.5 Å². The lowest BCUT2D eigenvalue weighted by atomic mass is 10.1. The normalized spacial score (nSPS) is 12.6. The maximum absolute atomic E-state index is 12.0. The number of nitrogens with two attached hydrogens (primary N) is 1. The van der Waals surface area contributed by atoms with E-state index in [1.165, 1.54) is 4.57 Å². The molecule has 0 bridgehead atoms. The van der Waals surface area contributed by atoms with Gasteiger partial charge in [0, 0.05) is 13.2 Å². The highest BCUT2D eigenvalue weighted by Crippen LogP contribution is 2.15. The number of rotatable bonds is 8. The van der Waals surface area contributed by atoms with Gasteiger partial charge in [-0.15, -0.1) is 0 Å². The first kappa shape index (κ1) is 17.3. The van der Waals surface area contributed by atoms with Crippen LogP contribution in [0.5, 0.6) is 0 Å². The Kier molecular flexibility index (Phi) is 6.48. The van der Waals surface area contributed by atoms with Crippen molar-refractivity contribution in [1.82, 2.24) is 9.55 Å². The van der Waals surface area contributed by atoms with E-state index in [0.29, 0.717) is 19.8 Å². The standard InChI is InChI=1S/C14H26N4O3/c1-5-7-18-12(15)11(13(19)17-14(18)20)16-10(9(3)4)8-21-6-2/h9-10,16H,5-8,15H2,1-4H3,(H,17,19,20). The number of nitrogen functional groups attached to an aromatic ring is 1. The minimum absolute atomic E-state index is 0.0547. The molecule has 1 heterocycles. The molecule has 21 heavy (non-hydrogen) atoms. The molecule has 7 heteroatoms. The smallest absolute Gasteiger partial charge is 0.330 e. The zero-order valence-electron chi connectivity index (χ0n) is 13.2. The topological polar surface area (TPSA) is 102 Å². The molecule has 0 fully saturated rings. The fraction of sp³-hybridized carbons (Fsp3) is 0.714. The molecular formula is C14H26N4O3. The van der Waals surface area contributed by atoms with Crippen LogP contribution >= 0.6 is 0 Å². The van der Waals surface area contributed by atoms with Gasteiger partial charge in [-0.25, -0.2) is 4.79 Å². The summed E-state index contributed by atoms with van der Waals surface area (Å²) in [5, 5.41) is 3.12. The molecule has 0 spiro atoms. The molecular weight excluding hydrogens is 272 g/mol. The van der Waals surface area contributed by atoms with Crippen LogP contribution in [0.2, 0.25) is 0 Å². The Morgan fingerprint density at radius 3 is 2.52 bits per heavy atom. The summed E-state index contributed by atoms with van der Waals surface area (Å²) in [6.07, 6.45) is 0.752. The van der Waals surface area contributed by atoms with Crippen molar-refractivity contribution in [2.45, 2.75) is 46.7 Å². The summed E-state index contributed by atoms with van der Waals surface area (Å²) in [6, 6.07) is -0.0547. The Morgan fingerprint density at radius 2 is 2.00 bits per heavy atom. The monoisotopic (exact) mass is 298 g/mol. The lowest BCUT2D eigenvalue weighted by molar-refractivity contribution is 0.127. The first-order valence-electron chi connectivity index (χ1n) is 7.39. The van der Waals surface area contributed by atoms with Crippen LogP contribution in [-0.2, 0) is 11.3 Å². The highest BCUT2D eigenvalue weighted by molar-refractivity contribution is 5.61. The molecule has 0 saturated carbocycles. The number of ether oxygens (including phenoxy) is 1. The Balaban J connectivity index is 3.14. The summed E-state index contributed by atoms with van der Waals surface area (Å²) in [6.45, 7) is 9.46. The first-order valence-corrected chi connectivity index (χ1v) is 7.39. The van der Waals surface area contributed by atoms with Crippen LogP contribution < -0.4 is 22.3 Å². The molecule has 1 atom stereocenters. The average Bonchev–Trinajstić information content (AvgIpc) is 2.42. The van der Waals surface area contributed by atoms with Gasteiger partial charge in [0.1, 0.15) is 11.5 Å². The molecule has 0 aromatic carbocycles. The van der Waals surface area contributed by atoms with Gasteiger partial charge in [-0.1, -0.05) is 20.8 Å². The van der Waals surface area contributed by atoms with Gasteiger partial charge in [0.15, 0.2) is 0 Å². The fourth-order valence-corrected chi connectivity index (χ4v) is 2.00. The molecule has 1 aromatic rings. The highest BCUT2D eigenvalue weighted by Gasteiger charge is 2.18. The SMILES string of the molecule is CCCn1c(N)c(NC(COCC)C(C)C)c(=O)[nH]c1=O. The van der Waals surface area contributed by atoms with Crippen LogP contribution in [0.25, 0.3) is 0 Å². The lowest BCUT2D eigenvalue weighted by Gasteiger charge is -2.24. The van der Waals surface area contributed by atoms with Crippen molar-refractivity contribution in [2.75, 3.05) is 24.3 Å². The molecule has 0 aliphatic heterocycles. The van der Waals surface area contributed by atoms with Crippen molar-refractivity contribution in [3.8, 4) is 0 Å². The van der Waals surface area contributed by atoms with Crippen LogP contribution in [-0.4, -0.2) is 28.8 Å². The third-order valence-electron chi connectivity index (χ3n) is 3.32. The second-order valence-corrected chi connectivity index (χ2v) is 5.33. The Labute approximate surface area is 124 Å². The maximum atomic E-state index is 12.0. The number of aromatic nitrogens is 2. The van der Waals surface area contributed by atoms with Gasteiger partial charge in [-0.05, 0) is 19.3 Å². The Hall–Kier alpha value is -1.76. The molecule has 0 amide bonds. The van der Waals surface area contributed by atoms with E-state index >= 15 is 0 Å². The summed E-state index contributed by atoms with van der Waals surface area (Å²) in [5.41, 5.74) is 5.26. The van der Waals surface area contributed by atoms with Crippen LogP contribution in [0.4, 0.5) is 11.5 Å². The molecule has 0 radical (unpaired) electrons. The zero-order chi connectivity index (χ0) is 16.0. The van der Waals surface area contributed by atoms with Crippen LogP contribution in [0, 0.1) is 5.92 Å². The van der Waals surface area contributed by atoms with Gasteiger partial charge in [0.2, 0.25) is 0 Å². The summed E-state index contributed by atoms with van der Waals surface area (Å²) >= 11 is 0. The average molecular weight is 298 g/mol. The molecule has 7 nitrogen and oxygen atoms in total. The van der Waals surface area contributed by atoms with Crippen molar-refractivity contribution >= 4 is 11.5 Å². The van der Waals surface area contributed by atoms with Gasteiger partial charge in [-0.2, -0.15) is 0 Å². The van der Waals surface area contributed by atoms with Gasteiger partial charge in [0.05, 0.1) is 12.6 Å². The van der Waals surface area contributed by atoms with E-state index < -0.39 is 11.2 Å². The predicted octanol–water partition coefficient (Wildman–Crippen LogP) is 1.00. The largest absolute Gasteiger partial charge is 0.383 e. The molecule has 0 saturated heterocycles. The second-order valence-electron chi connectivity index (χ2n) is 5.33. The number of aromatic amines is 1. The predicted molar refractivity (Wildman–Crippen MR) is 84.8 cm³/mol. The Bertz CT molecular complexity index is 562. The van der Waals surface area contributed by atoms with Crippen molar-refractivity contribution in [1.29, 1.82) is 0 Å². The number of nitrogens with zero attached hydrogens (tertiary/aromatic N) is 1. The van der Waals surface area contributed by atoms with E-state index in [4.69, 9.17) is 10.5 Å².